The molecule has 1 aliphatic rings. The molecule has 0 radical (unpaired) electrons. The lowest BCUT2D eigenvalue weighted by atomic mass is 9.98. The fourth-order valence-electron chi connectivity index (χ4n) is 2.55. The van der Waals surface area contributed by atoms with Crippen LogP contribution in [0.25, 0.3) is 21.8 Å². The third-order valence-electron chi connectivity index (χ3n) is 3.28. The number of benzene rings is 1. The van der Waals surface area contributed by atoms with E-state index in [9.17, 15) is 0 Å². The van der Waals surface area contributed by atoms with Crippen LogP contribution in [0.15, 0.2) is 28.8 Å². The third kappa shape index (κ3) is 0.927. The number of nitrogens with zero attached hydrogens (tertiary/aromatic N) is 2. The summed E-state index contributed by atoms with van der Waals surface area (Å²) in [6, 6.07) is 8.12. The molecule has 0 fully saturated rings. The van der Waals surface area contributed by atoms with E-state index in [1.165, 1.54) is 0 Å². The fraction of sp³-hybridized carbons (Fsp3) is 0.231. The summed E-state index contributed by atoms with van der Waals surface area (Å²) < 4.78 is 5.41. The molecule has 0 bridgehead atoms. The number of fused-ring (bicyclic) bond motifs is 2. The van der Waals surface area contributed by atoms with Gasteiger partial charge in [-0.05, 0) is 18.9 Å². The van der Waals surface area contributed by atoms with E-state index in [1.54, 1.807) is 0 Å². The van der Waals surface area contributed by atoms with Gasteiger partial charge in [-0.25, -0.2) is 0 Å². The van der Waals surface area contributed by atoms with E-state index in [4.69, 9.17) is 9.51 Å². The number of rotatable bonds is 0. The van der Waals surface area contributed by atoms with Crippen LogP contribution >= 0.6 is 0 Å². The van der Waals surface area contributed by atoms with Crippen LogP contribution in [0, 0.1) is 0 Å². The molecule has 3 nitrogen and oxygen atoms in total. The van der Waals surface area contributed by atoms with Gasteiger partial charge in [0.05, 0.1) is 16.6 Å². The molecular formula is C13H10N2O. The van der Waals surface area contributed by atoms with Crippen molar-refractivity contribution in [3.8, 4) is 0 Å². The molecule has 0 unspecified atom stereocenters. The molecule has 2 heterocycles. The largest absolute Gasteiger partial charge is 0.360 e. The van der Waals surface area contributed by atoms with E-state index in [-0.39, 0.29) is 0 Å². The first kappa shape index (κ1) is 8.28. The molecule has 78 valence electrons. The fourth-order valence-corrected chi connectivity index (χ4v) is 2.55. The van der Waals surface area contributed by atoms with Crippen LogP contribution in [-0.4, -0.2) is 10.1 Å². The summed E-state index contributed by atoms with van der Waals surface area (Å²) in [6.45, 7) is 0. The Hall–Kier alpha value is -1.90. The molecule has 0 saturated heterocycles. The normalized spacial score (nSPS) is 14.8. The summed E-state index contributed by atoms with van der Waals surface area (Å²) in [5, 5.41) is 6.46. The average molecular weight is 210 g/mol. The SMILES string of the molecule is c1ccc2c(c1)nc1c3c(onc32)CCC1. The molecule has 1 aromatic carbocycles. The van der Waals surface area contributed by atoms with Crippen molar-refractivity contribution in [1.82, 2.24) is 10.1 Å². The summed E-state index contributed by atoms with van der Waals surface area (Å²) in [5.41, 5.74) is 3.15. The maximum absolute atomic E-state index is 5.41. The van der Waals surface area contributed by atoms with Crippen molar-refractivity contribution in [3.63, 3.8) is 0 Å². The standard InChI is InChI=1S/C13H10N2O/c1-2-5-9-8(4-1)13-12-10(14-9)6-3-7-11(12)16-15-13/h1-2,4-5H,3,6-7H2. The number of pyridine rings is 1. The minimum Gasteiger partial charge on any atom is -0.360 e. The van der Waals surface area contributed by atoms with Gasteiger partial charge < -0.3 is 4.52 Å². The predicted molar refractivity (Wildman–Crippen MR) is 61.3 cm³/mol. The molecule has 16 heavy (non-hydrogen) atoms. The molecule has 3 aromatic rings. The highest BCUT2D eigenvalue weighted by Crippen LogP contribution is 2.32. The molecule has 4 rings (SSSR count). The highest BCUT2D eigenvalue weighted by molar-refractivity contribution is 6.05. The molecule has 1 aliphatic carbocycles. The van der Waals surface area contributed by atoms with Gasteiger partial charge in [0.2, 0.25) is 0 Å². The number of hydrogen-bond acceptors (Lipinski definition) is 3. The second-order valence-electron chi connectivity index (χ2n) is 4.26. The smallest absolute Gasteiger partial charge is 0.146 e. The van der Waals surface area contributed by atoms with E-state index in [0.717, 1.165) is 52.5 Å². The average Bonchev–Trinajstić information content (AvgIpc) is 2.76. The van der Waals surface area contributed by atoms with Gasteiger partial charge in [0, 0.05) is 11.8 Å². The Morgan fingerprint density at radius 2 is 2.06 bits per heavy atom. The lowest BCUT2D eigenvalue weighted by Crippen LogP contribution is -2.01. The third-order valence-corrected chi connectivity index (χ3v) is 3.28. The Kier molecular flexibility index (Phi) is 1.46. The Bertz CT molecular complexity index is 700. The van der Waals surface area contributed by atoms with Crippen LogP contribution in [0.5, 0.6) is 0 Å². The van der Waals surface area contributed by atoms with Crippen LogP contribution in [-0.2, 0) is 12.8 Å². The summed E-state index contributed by atoms with van der Waals surface area (Å²) in [6.07, 6.45) is 3.14. The van der Waals surface area contributed by atoms with Crippen LogP contribution in [0.4, 0.5) is 0 Å². The van der Waals surface area contributed by atoms with Crippen molar-refractivity contribution in [2.75, 3.05) is 0 Å². The highest BCUT2D eigenvalue weighted by Gasteiger charge is 2.20. The summed E-state index contributed by atoms with van der Waals surface area (Å²) in [7, 11) is 0. The minimum absolute atomic E-state index is 0.982. The lowest BCUT2D eigenvalue weighted by Gasteiger charge is -2.09. The zero-order valence-electron chi connectivity index (χ0n) is 8.73. The number of aryl methyl sites for hydroxylation is 2. The van der Waals surface area contributed by atoms with Crippen molar-refractivity contribution >= 4 is 21.8 Å². The summed E-state index contributed by atoms with van der Waals surface area (Å²) >= 11 is 0. The molecule has 0 spiro atoms. The second kappa shape index (κ2) is 2.82. The van der Waals surface area contributed by atoms with Crippen LogP contribution in [0.2, 0.25) is 0 Å². The Balaban J connectivity index is 2.30. The Labute approximate surface area is 92.1 Å². The van der Waals surface area contributed by atoms with Gasteiger partial charge in [-0.3, -0.25) is 4.98 Å². The molecule has 0 N–H and O–H groups in total. The van der Waals surface area contributed by atoms with E-state index in [1.807, 2.05) is 18.2 Å². The summed E-state index contributed by atoms with van der Waals surface area (Å²) in [4.78, 5) is 4.71. The summed E-state index contributed by atoms with van der Waals surface area (Å²) in [5.74, 6) is 1.01. The van der Waals surface area contributed by atoms with Crippen LogP contribution in [0.3, 0.4) is 0 Å². The first-order valence-electron chi connectivity index (χ1n) is 5.59. The molecule has 2 aromatic heterocycles. The predicted octanol–water partition coefficient (Wildman–Crippen LogP) is 2.86. The lowest BCUT2D eigenvalue weighted by molar-refractivity contribution is 0.386. The molecule has 0 amide bonds. The zero-order valence-corrected chi connectivity index (χ0v) is 8.73. The maximum atomic E-state index is 5.41. The first-order valence-corrected chi connectivity index (χ1v) is 5.59. The maximum Gasteiger partial charge on any atom is 0.146 e. The van der Waals surface area contributed by atoms with Crippen LogP contribution in [0.1, 0.15) is 17.9 Å². The van der Waals surface area contributed by atoms with Gasteiger partial charge in [0.1, 0.15) is 11.3 Å². The van der Waals surface area contributed by atoms with Crippen molar-refractivity contribution in [3.05, 3.63) is 35.7 Å². The Morgan fingerprint density at radius 3 is 3.06 bits per heavy atom. The molecule has 0 aliphatic heterocycles. The molecule has 0 atom stereocenters. The molecular weight excluding hydrogens is 200 g/mol. The van der Waals surface area contributed by atoms with E-state index in [2.05, 4.69) is 11.2 Å². The van der Waals surface area contributed by atoms with Gasteiger partial charge in [0.25, 0.3) is 0 Å². The quantitative estimate of drug-likeness (QED) is 0.572. The topological polar surface area (TPSA) is 38.9 Å². The minimum atomic E-state index is 0.982. The number of hydrogen-bond donors (Lipinski definition) is 0. The number of aromatic nitrogens is 2. The van der Waals surface area contributed by atoms with E-state index in [0.29, 0.717) is 0 Å². The van der Waals surface area contributed by atoms with Crippen molar-refractivity contribution in [2.24, 2.45) is 0 Å². The molecule has 0 saturated carbocycles. The second-order valence-corrected chi connectivity index (χ2v) is 4.26. The van der Waals surface area contributed by atoms with Crippen LogP contribution < -0.4 is 0 Å². The Morgan fingerprint density at radius 1 is 1.12 bits per heavy atom. The van der Waals surface area contributed by atoms with Crippen molar-refractivity contribution in [2.45, 2.75) is 19.3 Å². The van der Waals surface area contributed by atoms with Gasteiger partial charge >= 0.3 is 0 Å². The first-order chi connectivity index (χ1) is 7.93. The monoisotopic (exact) mass is 210 g/mol. The van der Waals surface area contributed by atoms with Gasteiger partial charge in [0.15, 0.2) is 0 Å². The van der Waals surface area contributed by atoms with Gasteiger partial charge in [-0.15, -0.1) is 0 Å². The highest BCUT2D eigenvalue weighted by atomic mass is 16.5. The van der Waals surface area contributed by atoms with Crippen molar-refractivity contribution < 1.29 is 4.52 Å². The molecule has 3 heteroatoms. The van der Waals surface area contributed by atoms with Gasteiger partial charge in [-0.1, -0.05) is 23.4 Å². The van der Waals surface area contributed by atoms with Crippen molar-refractivity contribution in [1.29, 1.82) is 0 Å². The number of para-hydroxylation sites is 1. The zero-order chi connectivity index (χ0) is 10.5. The van der Waals surface area contributed by atoms with E-state index >= 15 is 0 Å². The van der Waals surface area contributed by atoms with E-state index < -0.39 is 0 Å². The van der Waals surface area contributed by atoms with Gasteiger partial charge in [-0.2, -0.15) is 0 Å².